The van der Waals surface area contributed by atoms with Gasteiger partial charge in [-0.15, -0.1) is 0 Å². The minimum atomic E-state index is 0.0156. The molecule has 0 radical (unpaired) electrons. The number of hydrogen-bond acceptors (Lipinski definition) is 6. The first-order valence-electron chi connectivity index (χ1n) is 10.5. The van der Waals surface area contributed by atoms with Crippen LogP contribution in [0.25, 0.3) is 0 Å². The quantitative estimate of drug-likeness (QED) is 0.793. The fourth-order valence-electron chi connectivity index (χ4n) is 4.01. The van der Waals surface area contributed by atoms with E-state index in [1.54, 1.807) is 19.5 Å². The zero-order valence-electron chi connectivity index (χ0n) is 17.1. The molecule has 4 rings (SSSR count). The van der Waals surface area contributed by atoms with Crippen LogP contribution in [0.15, 0.2) is 36.7 Å². The Morgan fingerprint density at radius 2 is 1.45 bits per heavy atom. The van der Waals surface area contributed by atoms with Crippen LogP contribution in [0.3, 0.4) is 0 Å². The van der Waals surface area contributed by atoms with E-state index in [0.29, 0.717) is 18.7 Å². The Hall–Kier alpha value is -2.83. The topological polar surface area (TPSA) is 61.8 Å². The highest BCUT2D eigenvalue weighted by Crippen LogP contribution is 2.21. The van der Waals surface area contributed by atoms with Gasteiger partial charge < -0.3 is 19.4 Å². The van der Waals surface area contributed by atoms with Crippen LogP contribution in [0.1, 0.15) is 36.0 Å². The number of ether oxygens (including phenoxy) is 1. The second-order valence-electron chi connectivity index (χ2n) is 7.65. The van der Waals surface area contributed by atoms with Gasteiger partial charge in [0.25, 0.3) is 5.91 Å². The highest BCUT2D eigenvalue weighted by Gasteiger charge is 2.23. The molecule has 29 heavy (non-hydrogen) atoms. The van der Waals surface area contributed by atoms with Gasteiger partial charge in [-0.2, -0.15) is 0 Å². The lowest BCUT2D eigenvalue weighted by atomic mass is 10.2. The molecule has 0 atom stereocenters. The van der Waals surface area contributed by atoms with Crippen LogP contribution in [0.2, 0.25) is 0 Å². The van der Waals surface area contributed by atoms with Crippen LogP contribution in [0.4, 0.5) is 11.6 Å². The molecule has 3 heterocycles. The van der Waals surface area contributed by atoms with E-state index in [-0.39, 0.29) is 5.91 Å². The molecule has 7 nitrogen and oxygen atoms in total. The normalized spacial score (nSPS) is 17.8. The Balaban J connectivity index is 1.34. The summed E-state index contributed by atoms with van der Waals surface area (Å²) in [6, 6.07) is 8.06. The molecule has 0 unspecified atom stereocenters. The Kier molecular flexibility index (Phi) is 6.12. The van der Waals surface area contributed by atoms with Gasteiger partial charge in [0.1, 0.15) is 5.75 Å². The van der Waals surface area contributed by atoms with Crippen molar-refractivity contribution in [2.75, 3.05) is 56.2 Å². The first kappa shape index (κ1) is 19.5. The lowest BCUT2D eigenvalue weighted by Crippen LogP contribution is -2.48. The number of aromatic nitrogens is 2. The third-order valence-electron chi connectivity index (χ3n) is 5.78. The van der Waals surface area contributed by atoms with Crippen LogP contribution in [0, 0.1) is 0 Å². The van der Waals surface area contributed by atoms with Crippen molar-refractivity contribution in [1.29, 1.82) is 0 Å². The highest BCUT2D eigenvalue weighted by molar-refractivity contribution is 5.93. The number of hydrogen-bond donors (Lipinski definition) is 0. The number of rotatable bonds is 4. The first-order valence-corrected chi connectivity index (χ1v) is 10.5. The molecule has 2 saturated heterocycles. The second-order valence-corrected chi connectivity index (χ2v) is 7.65. The molecule has 2 aromatic rings. The number of anilines is 2. The Labute approximate surface area is 172 Å². The van der Waals surface area contributed by atoms with Gasteiger partial charge >= 0.3 is 0 Å². The molecule has 2 fully saturated rings. The molecule has 0 bridgehead atoms. The molecule has 0 N–H and O–H groups in total. The Morgan fingerprint density at radius 3 is 2.03 bits per heavy atom. The maximum atomic E-state index is 12.9. The van der Waals surface area contributed by atoms with Crippen molar-refractivity contribution in [3.8, 4) is 5.75 Å². The van der Waals surface area contributed by atoms with Crippen molar-refractivity contribution in [2.24, 2.45) is 0 Å². The molecular formula is C22H29N5O2. The van der Waals surface area contributed by atoms with Gasteiger partial charge in [-0.3, -0.25) is 4.79 Å². The van der Waals surface area contributed by atoms with Gasteiger partial charge in [0.2, 0.25) is 5.95 Å². The fourth-order valence-corrected chi connectivity index (χ4v) is 4.01. The average molecular weight is 396 g/mol. The van der Waals surface area contributed by atoms with Gasteiger partial charge in [-0.1, -0.05) is 12.8 Å². The van der Waals surface area contributed by atoms with Gasteiger partial charge in [0.15, 0.2) is 0 Å². The SMILES string of the molecule is COc1ccc(N2CCN(C(=O)c3cnc(N4CCCCCC4)nc3)CC2)cc1. The Bertz CT molecular complexity index is 793. The van der Waals surface area contributed by atoms with Gasteiger partial charge in [-0.05, 0) is 37.1 Å². The number of carbonyl (C=O) groups is 1. The molecule has 154 valence electrons. The van der Waals surface area contributed by atoms with Crippen LogP contribution >= 0.6 is 0 Å². The van der Waals surface area contributed by atoms with Crippen molar-refractivity contribution in [3.63, 3.8) is 0 Å². The van der Waals surface area contributed by atoms with Crippen LogP contribution < -0.4 is 14.5 Å². The second kappa shape index (κ2) is 9.11. The van der Waals surface area contributed by atoms with Crippen molar-refractivity contribution >= 4 is 17.5 Å². The summed E-state index contributed by atoms with van der Waals surface area (Å²) in [5.41, 5.74) is 1.73. The minimum Gasteiger partial charge on any atom is -0.497 e. The van der Waals surface area contributed by atoms with Gasteiger partial charge in [0, 0.05) is 57.3 Å². The summed E-state index contributed by atoms with van der Waals surface area (Å²) in [5, 5.41) is 0. The molecule has 7 heteroatoms. The zero-order chi connectivity index (χ0) is 20.1. The summed E-state index contributed by atoms with van der Waals surface area (Å²) >= 11 is 0. The van der Waals surface area contributed by atoms with E-state index in [9.17, 15) is 4.79 Å². The Morgan fingerprint density at radius 1 is 0.828 bits per heavy atom. The number of nitrogens with zero attached hydrogens (tertiary/aromatic N) is 5. The largest absolute Gasteiger partial charge is 0.497 e. The van der Waals surface area contributed by atoms with Crippen molar-refractivity contribution < 1.29 is 9.53 Å². The summed E-state index contributed by atoms with van der Waals surface area (Å²) < 4.78 is 5.22. The van der Waals surface area contributed by atoms with Gasteiger partial charge in [0.05, 0.1) is 12.7 Å². The highest BCUT2D eigenvalue weighted by atomic mass is 16.5. The van der Waals surface area contributed by atoms with Crippen LogP contribution in [-0.2, 0) is 0 Å². The van der Waals surface area contributed by atoms with E-state index in [1.807, 2.05) is 17.0 Å². The molecule has 1 aromatic heterocycles. The third-order valence-corrected chi connectivity index (χ3v) is 5.78. The summed E-state index contributed by atoms with van der Waals surface area (Å²) in [6.45, 7) is 5.01. The van der Waals surface area contributed by atoms with Crippen LogP contribution in [0.5, 0.6) is 5.75 Å². The maximum Gasteiger partial charge on any atom is 0.257 e. The van der Waals surface area contributed by atoms with E-state index in [2.05, 4.69) is 31.9 Å². The lowest BCUT2D eigenvalue weighted by molar-refractivity contribution is 0.0746. The van der Waals surface area contributed by atoms with E-state index < -0.39 is 0 Å². The summed E-state index contributed by atoms with van der Waals surface area (Å²) in [7, 11) is 1.67. The number of piperazine rings is 1. The van der Waals surface area contributed by atoms with Crippen molar-refractivity contribution in [2.45, 2.75) is 25.7 Å². The molecular weight excluding hydrogens is 366 g/mol. The minimum absolute atomic E-state index is 0.0156. The lowest BCUT2D eigenvalue weighted by Gasteiger charge is -2.36. The van der Waals surface area contributed by atoms with E-state index in [1.165, 1.54) is 25.7 Å². The fraction of sp³-hybridized carbons (Fsp3) is 0.500. The molecule has 2 aliphatic heterocycles. The molecule has 2 aliphatic rings. The number of benzene rings is 1. The molecule has 0 spiro atoms. The van der Waals surface area contributed by atoms with E-state index in [4.69, 9.17) is 4.74 Å². The van der Waals surface area contributed by atoms with Crippen LogP contribution in [-0.4, -0.2) is 67.2 Å². The summed E-state index contributed by atoms with van der Waals surface area (Å²) in [5.74, 6) is 1.61. The van der Waals surface area contributed by atoms with Gasteiger partial charge in [-0.25, -0.2) is 9.97 Å². The maximum absolute atomic E-state index is 12.9. The molecule has 1 aromatic carbocycles. The standard InChI is InChI=1S/C22H29N5O2/c1-29-20-8-6-19(7-9-20)25-12-14-26(15-13-25)21(28)18-16-23-22(24-17-18)27-10-4-2-3-5-11-27/h6-9,16-17H,2-5,10-15H2,1H3. The monoisotopic (exact) mass is 395 g/mol. The third kappa shape index (κ3) is 4.60. The molecule has 0 saturated carbocycles. The number of methoxy groups -OCH3 is 1. The predicted molar refractivity (Wildman–Crippen MR) is 114 cm³/mol. The smallest absolute Gasteiger partial charge is 0.257 e. The zero-order valence-corrected chi connectivity index (χ0v) is 17.1. The molecule has 0 aliphatic carbocycles. The number of carbonyl (C=O) groups excluding carboxylic acids is 1. The molecule has 1 amide bonds. The predicted octanol–water partition coefficient (Wildman–Crippen LogP) is 2.83. The van der Waals surface area contributed by atoms with Crippen molar-refractivity contribution in [1.82, 2.24) is 14.9 Å². The van der Waals surface area contributed by atoms with E-state index >= 15 is 0 Å². The summed E-state index contributed by atoms with van der Waals surface area (Å²) in [4.78, 5) is 28.3. The van der Waals surface area contributed by atoms with E-state index in [0.717, 1.165) is 43.6 Å². The first-order chi connectivity index (χ1) is 14.2. The van der Waals surface area contributed by atoms with Crippen molar-refractivity contribution in [3.05, 3.63) is 42.2 Å². The summed E-state index contributed by atoms with van der Waals surface area (Å²) in [6.07, 6.45) is 8.28. The average Bonchev–Trinajstić information content (AvgIpc) is 3.09. The number of amides is 1.